The number of aliphatic imine (C=N–C) groups is 2. The highest BCUT2D eigenvalue weighted by Crippen LogP contribution is 2.22. The number of carboxylic acids is 2. The first-order valence-corrected chi connectivity index (χ1v) is 38.6. The van der Waals surface area contributed by atoms with E-state index in [9.17, 15) is 82.4 Å². The van der Waals surface area contributed by atoms with Gasteiger partial charge in [0, 0.05) is 32.6 Å². The average molecular weight is 1590 g/mol. The van der Waals surface area contributed by atoms with Crippen LogP contribution >= 0.6 is 0 Å². The summed E-state index contributed by atoms with van der Waals surface area (Å²) in [5.74, 6) is -15.1. The van der Waals surface area contributed by atoms with Crippen molar-refractivity contribution in [3.05, 3.63) is 65.7 Å². The second-order valence-electron chi connectivity index (χ2n) is 29.3. The molecular weight excluding hydrogens is 1470 g/mol. The molecule has 0 saturated carbocycles. The van der Waals surface area contributed by atoms with Crippen LogP contribution in [0.3, 0.4) is 0 Å². The lowest BCUT2D eigenvalue weighted by Crippen LogP contribution is -2.60. The summed E-state index contributed by atoms with van der Waals surface area (Å²) in [7, 11) is 0. The van der Waals surface area contributed by atoms with Gasteiger partial charge in [-0.2, -0.15) is 0 Å². The highest BCUT2D eigenvalue weighted by molar-refractivity contribution is 5.99. The molecule has 0 spiro atoms. The van der Waals surface area contributed by atoms with E-state index in [1.54, 1.807) is 70.2 Å². The number of nitrogens with zero attached hydrogens (tertiary/aromatic N) is 3. The van der Waals surface area contributed by atoms with Gasteiger partial charge in [-0.15, -0.1) is 0 Å². The van der Waals surface area contributed by atoms with Crippen molar-refractivity contribution in [1.29, 1.82) is 0 Å². The number of benzene rings is 2. The van der Waals surface area contributed by atoms with Crippen molar-refractivity contribution >= 4 is 94.7 Å². The van der Waals surface area contributed by atoms with Crippen molar-refractivity contribution in [2.45, 2.75) is 231 Å². The van der Waals surface area contributed by atoms with Gasteiger partial charge >= 0.3 is 11.9 Å². The summed E-state index contributed by atoms with van der Waals surface area (Å²) in [5, 5.41) is 58.2. The number of carbonyl (C=O) groups excluding carboxylic acids is 12. The largest absolute Gasteiger partial charge is 0.508 e. The first-order chi connectivity index (χ1) is 53.5. The maximum Gasteiger partial charge on any atom is 0.326 e. The molecule has 0 aliphatic carbocycles. The Morgan fingerprint density at radius 3 is 1.53 bits per heavy atom. The first kappa shape index (κ1) is 96.4. The predicted molar refractivity (Wildman–Crippen MR) is 421 cm³/mol. The second kappa shape index (κ2) is 51.0. The van der Waals surface area contributed by atoms with Gasteiger partial charge in [-0.3, -0.25) is 72.3 Å². The molecule has 1 aliphatic heterocycles. The summed E-state index contributed by atoms with van der Waals surface area (Å²) in [6.07, 6.45) is 1.87. The van der Waals surface area contributed by atoms with Crippen LogP contribution in [0.25, 0.3) is 0 Å². The Morgan fingerprint density at radius 2 is 0.982 bits per heavy atom. The fourth-order valence-corrected chi connectivity index (χ4v) is 12.3. The lowest BCUT2D eigenvalue weighted by molar-refractivity contribution is -0.143. The molecule has 0 aromatic heterocycles. The molecular formula is C75H123N21O17. The van der Waals surface area contributed by atoms with Crippen molar-refractivity contribution in [1.82, 2.24) is 63.4 Å². The maximum atomic E-state index is 15.0. The molecule has 0 unspecified atom stereocenters. The van der Waals surface area contributed by atoms with Gasteiger partial charge in [-0.1, -0.05) is 97.4 Å². The smallest absolute Gasteiger partial charge is 0.326 e. The number of nitrogens with two attached hydrogens (primary N) is 7. The number of aromatic hydroxyl groups is 1. The highest BCUT2D eigenvalue weighted by Gasteiger charge is 2.42. The number of unbranched alkanes of at least 4 members (excludes halogenated alkanes) is 2. The van der Waals surface area contributed by atoms with Crippen molar-refractivity contribution in [2.24, 2.45) is 73.8 Å². The van der Waals surface area contributed by atoms with Crippen LogP contribution in [0, 0.1) is 23.7 Å². The van der Waals surface area contributed by atoms with E-state index in [-0.39, 0.29) is 133 Å². The normalized spacial score (nSPS) is 15.7. The molecule has 1 aliphatic rings. The van der Waals surface area contributed by atoms with Gasteiger partial charge in [0.15, 0.2) is 11.9 Å². The zero-order chi connectivity index (χ0) is 84.4. The number of hydrogen-bond acceptors (Lipinski definition) is 20. The number of likely N-dealkylation sites (tertiary alicyclic amines) is 1. The van der Waals surface area contributed by atoms with Crippen LogP contribution in [0.5, 0.6) is 5.75 Å². The molecule has 38 nitrogen and oxygen atoms in total. The van der Waals surface area contributed by atoms with Gasteiger partial charge in [0.2, 0.25) is 70.9 Å². The second-order valence-corrected chi connectivity index (χ2v) is 29.3. The number of hydrogen-bond donors (Lipinski definition) is 21. The standard InChI is InChI=1S/C75H123N21O17/c1-8-44(6)61(71(110)90-52(24-17-33-84-75(81)82)72(111)96-34-18-25-58(96)70(109)89-50(21-12-14-30-76)65(104)93-55(36-43(4)5)67(106)91-53(73(112)113)22-13-15-31-77)95-66(105)51(23-16-32-83-74(79)80)88-62(101)45(7)40-85-64(103)54(35-42(2)3)92-68(107)56(38-46-19-10-9-11-20-46)94-69(108)57(39-60(99)100)87-59(98)41-86-63(102)49(78)37-47-26-28-48(97)29-27-47/h9-11,19-20,26-29,42-45,49-58,61,97H,8,12-18,21-25,30-41,76-78H2,1-7H3,(H,85,103)(H,86,102)(H,87,98)(H,88,101)(H,89,109)(H,90,110)(H,91,106)(H,92,107)(H,93,104)(H,94,108)(H,95,105)(H,99,100)(H,112,113)(H4,79,80,83)(H4,81,82,84)/t44-,45+,49-,50-,51-,52-,53-,54-,55-,56-,57-,58-,61-/m0/s1. The van der Waals surface area contributed by atoms with Gasteiger partial charge in [0.05, 0.1) is 24.9 Å². The Kier molecular flexibility index (Phi) is 43.5. The summed E-state index contributed by atoms with van der Waals surface area (Å²) in [6.45, 7) is 11.6. The van der Waals surface area contributed by atoms with Gasteiger partial charge in [0.25, 0.3) is 0 Å². The Labute approximate surface area is 659 Å². The first-order valence-electron chi connectivity index (χ1n) is 38.6. The van der Waals surface area contributed by atoms with Crippen LogP contribution in [0.2, 0.25) is 0 Å². The molecule has 0 bridgehead atoms. The van der Waals surface area contributed by atoms with Crippen molar-refractivity contribution in [3.63, 3.8) is 0 Å². The lowest BCUT2D eigenvalue weighted by Gasteiger charge is -2.32. The third-order valence-corrected chi connectivity index (χ3v) is 18.7. The number of phenols is 1. The zero-order valence-electron chi connectivity index (χ0n) is 66.0. The van der Waals surface area contributed by atoms with Crippen LogP contribution in [0.1, 0.15) is 162 Å². The molecule has 2 aromatic carbocycles. The van der Waals surface area contributed by atoms with Crippen molar-refractivity contribution < 1.29 is 82.4 Å². The molecule has 1 saturated heterocycles. The third kappa shape index (κ3) is 36.5. The summed E-state index contributed by atoms with van der Waals surface area (Å²) >= 11 is 0. The molecule has 13 atom stereocenters. The Bertz CT molecular complexity index is 3510. The van der Waals surface area contributed by atoms with Crippen LogP contribution in [0.15, 0.2) is 64.6 Å². The minimum Gasteiger partial charge on any atom is -0.508 e. The van der Waals surface area contributed by atoms with E-state index in [2.05, 4.69) is 68.5 Å². The number of guanidine groups is 2. The third-order valence-electron chi connectivity index (χ3n) is 18.7. The molecule has 28 N–H and O–H groups in total. The van der Waals surface area contributed by atoms with E-state index in [1.165, 1.54) is 24.0 Å². The minimum atomic E-state index is -1.78. The molecule has 1 fully saturated rings. The molecule has 38 heteroatoms. The van der Waals surface area contributed by atoms with E-state index in [1.807, 2.05) is 13.8 Å². The van der Waals surface area contributed by atoms with E-state index < -0.39 is 174 Å². The lowest BCUT2D eigenvalue weighted by atomic mass is 9.96. The van der Waals surface area contributed by atoms with Crippen LogP contribution in [0.4, 0.5) is 0 Å². The Balaban J connectivity index is 1.88. The molecule has 0 radical (unpaired) electrons. The molecule has 630 valence electrons. The summed E-state index contributed by atoms with van der Waals surface area (Å²) in [6, 6.07) is -0.360. The van der Waals surface area contributed by atoms with E-state index >= 15 is 0 Å². The quantitative estimate of drug-likeness (QED) is 0.0176. The van der Waals surface area contributed by atoms with Gasteiger partial charge < -0.3 is 119 Å². The SMILES string of the molecule is CC[C@H](C)[C@H](NC(=O)[C@H](CCCN=C(N)N)NC(=O)[C@H](C)CNC(=O)[C@H](CC(C)C)NC(=O)[C@H](Cc1ccccc1)NC(=O)[C@H](CC(=O)O)NC(=O)CNC(=O)[C@@H](N)Cc1ccc(O)cc1)C(=O)N[C@@H](CCCN=C(N)N)C(=O)N1CCC[C@H]1C(=O)N[C@@H](CCCCN)C(=O)N[C@@H](CC(C)C)C(=O)N[C@@H](CCCCN)C(=O)O. The molecule has 113 heavy (non-hydrogen) atoms. The van der Waals surface area contributed by atoms with E-state index in [0.29, 0.717) is 56.2 Å². The van der Waals surface area contributed by atoms with Crippen molar-refractivity contribution in [2.75, 3.05) is 45.8 Å². The number of rotatable bonds is 53. The monoisotopic (exact) mass is 1590 g/mol. The van der Waals surface area contributed by atoms with Gasteiger partial charge in [-0.25, -0.2) is 4.79 Å². The number of carboxylic acid groups (broad SMARTS) is 2. The molecule has 1 heterocycles. The van der Waals surface area contributed by atoms with E-state index in [4.69, 9.17) is 40.1 Å². The topological polar surface area (TPSA) is 642 Å². The number of nitrogens with one attached hydrogen (secondary N) is 11. The van der Waals surface area contributed by atoms with Crippen LogP contribution in [-0.2, 0) is 80.0 Å². The molecule has 12 amide bonds. The minimum absolute atomic E-state index is 0.000841. The van der Waals surface area contributed by atoms with Crippen LogP contribution < -0.4 is 98.6 Å². The predicted octanol–water partition coefficient (Wildman–Crippen LogP) is -3.21. The fraction of sp³-hybridized carbons (Fsp3) is 0.627. The summed E-state index contributed by atoms with van der Waals surface area (Å²) < 4.78 is 0. The number of aliphatic carboxylic acids is 2. The van der Waals surface area contributed by atoms with Gasteiger partial charge in [0.1, 0.15) is 66.2 Å². The van der Waals surface area contributed by atoms with E-state index in [0.717, 1.165) is 0 Å². The Morgan fingerprint density at radius 1 is 0.504 bits per heavy atom. The number of carbonyl (C=O) groups is 14. The van der Waals surface area contributed by atoms with Gasteiger partial charge in [-0.05, 0) is 150 Å². The Hall–Kier alpha value is -10.8. The fourth-order valence-electron chi connectivity index (χ4n) is 12.3. The molecule has 2 aromatic rings. The average Bonchev–Trinajstić information content (AvgIpc) is 1.75. The van der Waals surface area contributed by atoms with Crippen molar-refractivity contribution in [3.8, 4) is 5.75 Å². The zero-order valence-corrected chi connectivity index (χ0v) is 66.0. The molecule has 3 rings (SSSR count). The van der Waals surface area contributed by atoms with Crippen LogP contribution in [-0.4, -0.2) is 227 Å². The summed E-state index contributed by atoms with van der Waals surface area (Å²) in [4.78, 5) is 203. The maximum absolute atomic E-state index is 15.0. The highest BCUT2D eigenvalue weighted by atomic mass is 16.4. The summed E-state index contributed by atoms with van der Waals surface area (Å²) in [5.41, 5.74) is 41.1. The number of phenolic OH excluding ortho intramolecular Hbond substituents is 1. The number of amides is 12.